The predicted molar refractivity (Wildman–Crippen MR) is 72.2 cm³/mol. The second-order valence-corrected chi connectivity index (χ2v) is 5.08. The molecule has 3 rings (SSSR count). The van der Waals surface area contributed by atoms with Crippen molar-refractivity contribution in [3.8, 4) is 0 Å². The monoisotopic (exact) mass is 274 g/mol. The molecule has 0 saturated carbocycles. The molecule has 2 aromatic heterocycles. The third-order valence-electron chi connectivity index (χ3n) is 3.67. The van der Waals surface area contributed by atoms with Gasteiger partial charge in [-0.1, -0.05) is 5.16 Å². The Kier molecular flexibility index (Phi) is 3.30. The van der Waals surface area contributed by atoms with Gasteiger partial charge in [-0.2, -0.15) is 5.10 Å². The molecule has 6 nitrogen and oxygen atoms in total. The molecule has 6 heteroatoms. The summed E-state index contributed by atoms with van der Waals surface area (Å²) in [5.41, 5.74) is 1.34. The fraction of sp³-hybridized carbons (Fsp3) is 0.500. The molecule has 1 saturated heterocycles. The van der Waals surface area contributed by atoms with Crippen LogP contribution in [-0.4, -0.2) is 32.3 Å². The number of aryl methyl sites for hydroxylation is 2. The van der Waals surface area contributed by atoms with E-state index >= 15 is 0 Å². The smallest absolute Gasteiger partial charge is 0.274 e. The number of amides is 1. The predicted octanol–water partition coefficient (Wildman–Crippen LogP) is 2.18. The number of carbonyl (C=O) groups excluding carboxylic acids is 1. The van der Waals surface area contributed by atoms with Crippen molar-refractivity contribution in [2.45, 2.75) is 39.3 Å². The lowest BCUT2D eigenvalue weighted by Crippen LogP contribution is -2.30. The molecule has 2 aromatic rings. The van der Waals surface area contributed by atoms with Gasteiger partial charge in [-0.05, 0) is 32.8 Å². The van der Waals surface area contributed by atoms with Gasteiger partial charge in [-0.25, -0.2) is 0 Å². The molecule has 0 aromatic carbocycles. The first-order chi connectivity index (χ1) is 9.69. The van der Waals surface area contributed by atoms with Crippen molar-refractivity contribution < 1.29 is 9.32 Å². The highest BCUT2D eigenvalue weighted by molar-refractivity contribution is 5.92. The zero-order chi connectivity index (χ0) is 14.1. The molecule has 0 unspecified atom stereocenters. The Bertz CT molecular complexity index is 616. The first kappa shape index (κ1) is 12.9. The Balaban J connectivity index is 1.83. The van der Waals surface area contributed by atoms with Crippen LogP contribution in [0.1, 0.15) is 47.7 Å². The standard InChI is InChI=1S/C14H18N4O2/c1-3-17-8-6-11(15-17)14(19)18-7-4-5-12(18)13-9-10(2)16-20-13/h6,8-9,12H,3-5,7H2,1-2H3/t12-/m1/s1. The molecule has 106 valence electrons. The van der Waals surface area contributed by atoms with Gasteiger partial charge < -0.3 is 9.42 Å². The molecule has 1 atom stereocenters. The van der Waals surface area contributed by atoms with Crippen molar-refractivity contribution in [1.29, 1.82) is 0 Å². The zero-order valence-electron chi connectivity index (χ0n) is 11.7. The average molecular weight is 274 g/mol. The minimum Gasteiger partial charge on any atom is -0.359 e. The van der Waals surface area contributed by atoms with Gasteiger partial charge in [0.2, 0.25) is 0 Å². The molecule has 0 radical (unpaired) electrons. The Morgan fingerprint density at radius 2 is 2.40 bits per heavy atom. The first-order valence-electron chi connectivity index (χ1n) is 6.96. The number of carbonyl (C=O) groups is 1. The summed E-state index contributed by atoms with van der Waals surface area (Å²) in [5.74, 6) is 0.733. The molecule has 1 aliphatic heterocycles. The van der Waals surface area contributed by atoms with Gasteiger partial charge in [0, 0.05) is 25.4 Å². The van der Waals surface area contributed by atoms with Gasteiger partial charge in [0.1, 0.15) is 5.69 Å². The van der Waals surface area contributed by atoms with Crippen LogP contribution in [0, 0.1) is 6.92 Å². The van der Waals surface area contributed by atoms with E-state index in [4.69, 9.17) is 4.52 Å². The maximum atomic E-state index is 12.6. The molecule has 20 heavy (non-hydrogen) atoms. The Morgan fingerprint density at radius 3 is 3.05 bits per heavy atom. The van der Waals surface area contributed by atoms with E-state index in [1.807, 2.05) is 31.0 Å². The highest BCUT2D eigenvalue weighted by Gasteiger charge is 2.33. The SMILES string of the molecule is CCn1ccc(C(=O)N2CCC[C@@H]2c2cc(C)no2)n1. The van der Waals surface area contributed by atoms with E-state index in [1.54, 1.807) is 10.7 Å². The van der Waals surface area contributed by atoms with E-state index in [1.165, 1.54) is 0 Å². The fourth-order valence-electron chi connectivity index (χ4n) is 2.64. The number of hydrogen-bond acceptors (Lipinski definition) is 4. The lowest BCUT2D eigenvalue weighted by Gasteiger charge is -2.21. The van der Waals surface area contributed by atoms with Crippen molar-refractivity contribution in [3.05, 3.63) is 35.5 Å². The normalized spacial score (nSPS) is 18.7. The second kappa shape index (κ2) is 5.11. The molecule has 1 fully saturated rings. The number of nitrogens with zero attached hydrogens (tertiary/aromatic N) is 4. The van der Waals surface area contributed by atoms with E-state index in [0.29, 0.717) is 5.69 Å². The molecular formula is C14H18N4O2. The van der Waals surface area contributed by atoms with Crippen LogP contribution in [0.3, 0.4) is 0 Å². The highest BCUT2D eigenvalue weighted by Crippen LogP contribution is 2.33. The maximum absolute atomic E-state index is 12.6. The van der Waals surface area contributed by atoms with Crippen LogP contribution in [0.4, 0.5) is 0 Å². The third-order valence-corrected chi connectivity index (χ3v) is 3.67. The van der Waals surface area contributed by atoms with Crippen LogP contribution in [0.15, 0.2) is 22.9 Å². The lowest BCUT2D eigenvalue weighted by atomic mass is 10.1. The quantitative estimate of drug-likeness (QED) is 0.860. The first-order valence-corrected chi connectivity index (χ1v) is 6.96. The van der Waals surface area contributed by atoms with Crippen molar-refractivity contribution in [2.24, 2.45) is 0 Å². The molecule has 0 bridgehead atoms. The van der Waals surface area contributed by atoms with E-state index in [9.17, 15) is 4.79 Å². The van der Waals surface area contributed by atoms with Crippen molar-refractivity contribution in [1.82, 2.24) is 19.8 Å². The highest BCUT2D eigenvalue weighted by atomic mass is 16.5. The molecule has 3 heterocycles. The van der Waals surface area contributed by atoms with Crippen LogP contribution in [0.5, 0.6) is 0 Å². The number of rotatable bonds is 3. The molecule has 0 N–H and O–H groups in total. The third kappa shape index (κ3) is 2.21. The minimum atomic E-state index is -0.0336. The van der Waals surface area contributed by atoms with Crippen LogP contribution < -0.4 is 0 Å². The number of hydrogen-bond donors (Lipinski definition) is 0. The van der Waals surface area contributed by atoms with E-state index in [0.717, 1.165) is 37.4 Å². The average Bonchev–Trinajstić information content (AvgIpc) is 3.17. The van der Waals surface area contributed by atoms with Gasteiger partial charge in [-0.15, -0.1) is 0 Å². The van der Waals surface area contributed by atoms with Gasteiger partial charge in [0.05, 0.1) is 11.7 Å². The van der Waals surface area contributed by atoms with Crippen LogP contribution >= 0.6 is 0 Å². The lowest BCUT2D eigenvalue weighted by molar-refractivity contribution is 0.0707. The summed E-state index contributed by atoms with van der Waals surface area (Å²) in [6, 6.07) is 3.66. The summed E-state index contributed by atoms with van der Waals surface area (Å²) >= 11 is 0. The molecule has 1 aliphatic rings. The Morgan fingerprint density at radius 1 is 1.55 bits per heavy atom. The Hall–Kier alpha value is -2.11. The van der Waals surface area contributed by atoms with Gasteiger partial charge >= 0.3 is 0 Å². The summed E-state index contributed by atoms with van der Waals surface area (Å²) < 4.78 is 7.08. The van der Waals surface area contributed by atoms with E-state index in [2.05, 4.69) is 10.3 Å². The van der Waals surface area contributed by atoms with Crippen LogP contribution in [0.25, 0.3) is 0 Å². The summed E-state index contributed by atoms with van der Waals surface area (Å²) in [6.07, 6.45) is 3.72. The summed E-state index contributed by atoms with van der Waals surface area (Å²) in [7, 11) is 0. The second-order valence-electron chi connectivity index (χ2n) is 5.08. The fourth-order valence-corrected chi connectivity index (χ4v) is 2.64. The zero-order valence-corrected chi connectivity index (χ0v) is 11.7. The van der Waals surface area contributed by atoms with Gasteiger partial charge in [0.15, 0.2) is 5.76 Å². The molecule has 1 amide bonds. The Labute approximate surface area is 117 Å². The molecule has 0 spiro atoms. The number of aromatic nitrogens is 3. The van der Waals surface area contributed by atoms with E-state index < -0.39 is 0 Å². The topological polar surface area (TPSA) is 64.2 Å². The molecular weight excluding hydrogens is 256 g/mol. The summed E-state index contributed by atoms with van der Waals surface area (Å²) in [4.78, 5) is 14.4. The van der Waals surface area contributed by atoms with Gasteiger partial charge in [-0.3, -0.25) is 9.48 Å². The van der Waals surface area contributed by atoms with Crippen LogP contribution in [-0.2, 0) is 6.54 Å². The summed E-state index contributed by atoms with van der Waals surface area (Å²) in [6.45, 7) is 5.38. The van der Waals surface area contributed by atoms with E-state index in [-0.39, 0.29) is 11.9 Å². The molecule has 0 aliphatic carbocycles. The maximum Gasteiger partial charge on any atom is 0.274 e. The largest absolute Gasteiger partial charge is 0.359 e. The van der Waals surface area contributed by atoms with Crippen molar-refractivity contribution >= 4 is 5.91 Å². The summed E-state index contributed by atoms with van der Waals surface area (Å²) in [5, 5.41) is 8.20. The number of likely N-dealkylation sites (tertiary alicyclic amines) is 1. The van der Waals surface area contributed by atoms with Crippen LogP contribution in [0.2, 0.25) is 0 Å². The minimum absolute atomic E-state index is 0.0181. The van der Waals surface area contributed by atoms with Crippen molar-refractivity contribution in [2.75, 3.05) is 6.54 Å². The van der Waals surface area contributed by atoms with Crippen molar-refractivity contribution in [3.63, 3.8) is 0 Å². The van der Waals surface area contributed by atoms with Gasteiger partial charge in [0.25, 0.3) is 5.91 Å².